The highest BCUT2D eigenvalue weighted by molar-refractivity contribution is 7.89. The van der Waals surface area contributed by atoms with Crippen molar-refractivity contribution in [3.8, 4) is 11.4 Å². The number of sulfonamides is 1. The van der Waals surface area contributed by atoms with Gasteiger partial charge in [-0.1, -0.05) is 30.3 Å². The first kappa shape index (κ1) is 20.2. The summed E-state index contributed by atoms with van der Waals surface area (Å²) in [5.74, 6) is -0.0178. The lowest BCUT2D eigenvalue weighted by Crippen LogP contribution is -2.44. The number of imide groups is 1. The van der Waals surface area contributed by atoms with Crippen LogP contribution in [0.4, 0.5) is 0 Å². The highest BCUT2D eigenvalue weighted by Gasteiger charge is 2.27. The Labute approximate surface area is 164 Å². The van der Waals surface area contributed by atoms with Crippen molar-refractivity contribution in [3.63, 3.8) is 0 Å². The Kier molecular flexibility index (Phi) is 6.58. The van der Waals surface area contributed by atoms with Gasteiger partial charge in [0.2, 0.25) is 21.8 Å². The van der Waals surface area contributed by atoms with Crippen molar-refractivity contribution in [2.75, 3.05) is 18.8 Å². The fourth-order valence-corrected chi connectivity index (χ4v) is 4.17. The Balaban J connectivity index is 1.45. The second-order valence-electron chi connectivity index (χ2n) is 6.67. The number of amides is 2. The van der Waals surface area contributed by atoms with Crippen molar-refractivity contribution in [1.82, 2.24) is 19.2 Å². The number of likely N-dealkylation sites (tertiary alicyclic amines) is 1. The summed E-state index contributed by atoms with van der Waals surface area (Å²) < 4.78 is 28.8. The second-order valence-corrected chi connectivity index (χ2v) is 8.60. The van der Waals surface area contributed by atoms with Crippen LogP contribution in [0.3, 0.4) is 0 Å². The van der Waals surface area contributed by atoms with Gasteiger partial charge >= 0.3 is 0 Å². The fraction of sp³-hybridized carbons (Fsp3) is 0.421. The Hall–Kier alpha value is -2.52. The molecule has 1 aliphatic rings. The summed E-state index contributed by atoms with van der Waals surface area (Å²) in [4.78, 5) is 28.9. The predicted octanol–water partition coefficient (Wildman–Crippen LogP) is 1.40. The van der Waals surface area contributed by atoms with E-state index in [0.29, 0.717) is 32.2 Å². The van der Waals surface area contributed by atoms with Crippen molar-refractivity contribution in [1.29, 1.82) is 0 Å². The number of aryl methyl sites for hydroxylation is 1. The number of imidazole rings is 1. The van der Waals surface area contributed by atoms with Gasteiger partial charge in [0.15, 0.2) is 0 Å². The summed E-state index contributed by atoms with van der Waals surface area (Å²) in [6.07, 6.45) is 5.32. The average Bonchev–Trinajstić information content (AvgIpc) is 3.14. The third kappa shape index (κ3) is 5.26. The van der Waals surface area contributed by atoms with Crippen molar-refractivity contribution >= 4 is 21.8 Å². The maximum absolute atomic E-state index is 12.2. The zero-order chi connectivity index (χ0) is 20.0. The van der Waals surface area contributed by atoms with Crippen LogP contribution < -0.4 is 4.72 Å². The Morgan fingerprint density at radius 2 is 1.75 bits per heavy atom. The monoisotopic (exact) mass is 404 g/mol. The van der Waals surface area contributed by atoms with Crippen molar-refractivity contribution < 1.29 is 18.0 Å². The van der Waals surface area contributed by atoms with Gasteiger partial charge in [-0.2, -0.15) is 0 Å². The minimum atomic E-state index is -3.55. The molecule has 2 heterocycles. The smallest absolute Gasteiger partial charge is 0.229 e. The van der Waals surface area contributed by atoms with E-state index in [9.17, 15) is 18.0 Å². The van der Waals surface area contributed by atoms with E-state index < -0.39 is 10.0 Å². The lowest BCUT2D eigenvalue weighted by Gasteiger charge is -2.24. The largest absolute Gasteiger partial charge is 0.331 e. The number of piperidine rings is 1. The molecule has 1 aromatic carbocycles. The fourth-order valence-electron chi connectivity index (χ4n) is 3.15. The molecule has 1 N–H and O–H groups in total. The molecule has 3 rings (SSSR count). The maximum Gasteiger partial charge on any atom is 0.229 e. The van der Waals surface area contributed by atoms with E-state index >= 15 is 0 Å². The van der Waals surface area contributed by atoms with Crippen LogP contribution in [0, 0.1) is 0 Å². The zero-order valence-corrected chi connectivity index (χ0v) is 16.4. The van der Waals surface area contributed by atoms with Gasteiger partial charge in [0.25, 0.3) is 0 Å². The minimum Gasteiger partial charge on any atom is -0.331 e. The molecule has 1 aliphatic heterocycles. The first-order chi connectivity index (χ1) is 13.5. The summed E-state index contributed by atoms with van der Waals surface area (Å²) in [7, 11) is -3.55. The lowest BCUT2D eigenvalue weighted by atomic mass is 10.1. The van der Waals surface area contributed by atoms with Crippen LogP contribution in [0.15, 0.2) is 42.7 Å². The molecular weight excluding hydrogens is 380 g/mol. The molecule has 0 unspecified atom stereocenters. The highest BCUT2D eigenvalue weighted by Crippen LogP contribution is 2.17. The predicted molar refractivity (Wildman–Crippen MR) is 105 cm³/mol. The van der Waals surface area contributed by atoms with Gasteiger partial charge in [-0.15, -0.1) is 0 Å². The Morgan fingerprint density at radius 1 is 1.04 bits per heavy atom. The number of nitrogens with zero attached hydrogens (tertiary/aromatic N) is 3. The SMILES string of the molecule is O=C1CCCC(=O)N1CCS(=O)(=O)NCCCn1ccnc1-c1ccccc1. The molecule has 0 atom stereocenters. The van der Waals surface area contributed by atoms with E-state index in [-0.39, 0.29) is 30.7 Å². The molecule has 0 radical (unpaired) electrons. The minimum absolute atomic E-state index is 0.0906. The molecule has 2 amide bonds. The molecule has 2 aromatic rings. The van der Waals surface area contributed by atoms with E-state index in [0.717, 1.165) is 16.3 Å². The third-order valence-electron chi connectivity index (χ3n) is 4.61. The molecule has 0 bridgehead atoms. The lowest BCUT2D eigenvalue weighted by molar-refractivity contribution is -0.147. The van der Waals surface area contributed by atoms with E-state index in [4.69, 9.17) is 0 Å². The molecule has 1 saturated heterocycles. The quantitative estimate of drug-likeness (QED) is 0.503. The van der Waals surface area contributed by atoms with Gasteiger partial charge in [0.05, 0.1) is 5.75 Å². The number of carbonyl (C=O) groups is 2. The van der Waals surface area contributed by atoms with Gasteiger partial charge < -0.3 is 4.57 Å². The molecule has 28 heavy (non-hydrogen) atoms. The topological polar surface area (TPSA) is 101 Å². The number of benzene rings is 1. The number of rotatable bonds is 9. The van der Waals surface area contributed by atoms with Crippen LogP contribution in [-0.2, 0) is 26.2 Å². The second kappa shape index (κ2) is 9.11. The van der Waals surface area contributed by atoms with Crippen molar-refractivity contribution in [2.24, 2.45) is 0 Å². The summed E-state index contributed by atoms with van der Waals surface area (Å²) in [6, 6.07) is 9.78. The van der Waals surface area contributed by atoms with Crippen molar-refractivity contribution in [2.45, 2.75) is 32.2 Å². The van der Waals surface area contributed by atoms with Gasteiger partial charge in [-0.05, 0) is 12.8 Å². The van der Waals surface area contributed by atoms with Gasteiger partial charge in [-0.25, -0.2) is 18.1 Å². The third-order valence-corrected chi connectivity index (χ3v) is 5.98. The molecule has 1 fully saturated rings. The average molecular weight is 404 g/mol. The van der Waals surface area contributed by atoms with E-state index in [2.05, 4.69) is 9.71 Å². The zero-order valence-electron chi connectivity index (χ0n) is 15.6. The van der Waals surface area contributed by atoms with Gasteiger partial charge in [0, 0.05) is 50.4 Å². The maximum atomic E-state index is 12.2. The van der Waals surface area contributed by atoms with Gasteiger partial charge in [0.1, 0.15) is 5.82 Å². The number of carbonyl (C=O) groups excluding carboxylic acids is 2. The van der Waals surface area contributed by atoms with Crippen LogP contribution in [0.2, 0.25) is 0 Å². The van der Waals surface area contributed by atoms with Crippen LogP contribution in [0.1, 0.15) is 25.7 Å². The molecular formula is C19H24N4O4S. The van der Waals surface area contributed by atoms with Crippen LogP contribution in [0.25, 0.3) is 11.4 Å². The highest BCUT2D eigenvalue weighted by atomic mass is 32.2. The summed E-state index contributed by atoms with van der Waals surface area (Å²) in [5.41, 5.74) is 1.00. The normalized spacial score (nSPS) is 15.2. The first-order valence-electron chi connectivity index (χ1n) is 9.33. The number of hydrogen-bond acceptors (Lipinski definition) is 5. The van der Waals surface area contributed by atoms with E-state index in [1.807, 2.05) is 41.1 Å². The molecule has 0 aliphatic carbocycles. The summed E-state index contributed by atoms with van der Waals surface area (Å²) >= 11 is 0. The van der Waals surface area contributed by atoms with E-state index in [1.54, 1.807) is 6.20 Å². The Bertz CT molecular complexity index is 908. The number of aromatic nitrogens is 2. The van der Waals surface area contributed by atoms with Crippen LogP contribution in [0.5, 0.6) is 0 Å². The van der Waals surface area contributed by atoms with Crippen molar-refractivity contribution in [3.05, 3.63) is 42.7 Å². The molecule has 8 nitrogen and oxygen atoms in total. The summed E-state index contributed by atoms with van der Waals surface area (Å²) in [6.45, 7) is 0.805. The molecule has 0 saturated carbocycles. The van der Waals surface area contributed by atoms with E-state index in [1.165, 1.54) is 0 Å². The number of nitrogens with one attached hydrogen (secondary N) is 1. The molecule has 9 heteroatoms. The molecule has 0 spiro atoms. The van der Waals surface area contributed by atoms with Crippen LogP contribution in [-0.4, -0.2) is 53.5 Å². The first-order valence-corrected chi connectivity index (χ1v) is 11.0. The molecule has 150 valence electrons. The Morgan fingerprint density at radius 3 is 2.46 bits per heavy atom. The molecule has 1 aromatic heterocycles. The summed E-state index contributed by atoms with van der Waals surface area (Å²) in [5, 5.41) is 0. The standard InChI is InChI=1S/C19H24N4O4S/c24-17-8-4-9-18(25)23(17)14-15-28(26,27)21-10-5-12-22-13-11-20-19(22)16-6-2-1-3-7-16/h1-3,6-7,11,13,21H,4-5,8-10,12,14-15H2. The van der Waals surface area contributed by atoms with Crippen LogP contribution >= 0.6 is 0 Å². The van der Waals surface area contributed by atoms with Gasteiger partial charge in [-0.3, -0.25) is 14.5 Å². The number of hydrogen-bond donors (Lipinski definition) is 1.